The highest BCUT2D eigenvalue weighted by Crippen LogP contribution is 2.31. The number of rotatable bonds is 4. The van der Waals surface area contributed by atoms with E-state index in [2.05, 4.69) is 10.2 Å². The summed E-state index contributed by atoms with van der Waals surface area (Å²) in [6, 6.07) is 7.62. The first-order valence-corrected chi connectivity index (χ1v) is 7.84. The van der Waals surface area contributed by atoms with Gasteiger partial charge in [0, 0.05) is 19.2 Å². The van der Waals surface area contributed by atoms with Gasteiger partial charge in [0.05, 0.1) is 19.6 Å². The molecule has 22 heavy (non-hydrogen) atoms. The van der Waals surface area contributed by atoms with Crippen LogP contribution < -0.4 is 9.64 Å². The van der Waals surface area contributed by atoms with Gasteiger partial charge in [-0.2, -0.15) is 0 Å². The number of carbonyl (C=O) groups is 1. The van der Waals surface area contributed by atoms with E-state index in [4.69, 9.17) is 9.47 Å². The van der Waals surface area contributed by atoms with Gasteiger partial charge < -0.3 is 9.47 Å². The van der Waals surface area contributed by atoms with Gasteiger partial charge in [0.2, 0.25) is 11.0 Å². The van der Waals surface area contributed by atoms with Crippen molar-refractivity contribution in [1.82, 2.24) is 10.2 Å². The van der Waals surface area contributed by atoms with E-state index in [-0.39, 0.29) is 11.8 Å². The van der Waals surface area contributed by atoms with Gasteiger partial charge in [-0.25, -0.2) is 0 Å². The lowest BCUT2D eigenvalue weighted by molar-refractivity contribution is -0.122. The lowest BCUT2D eigenvalue weighted by Gasteiger charge is -2.16. The molecule has 1 fully saturated rings. The number of benzene rings is 1. The molecule has 116 valence electrons. The molecule has 6 nitrogen and oxygen atoms in total. The normalized spacial score (nSPS) is 17.5. The standard InChI is InChI=1S/C15H17N3O3S/c1-18(14(19)11-6-7-21-9-11)15-17-16-13(22-15)10-4-3-5-12(8-10)20-2/h3-5,8,11H,6-7,9H2,1-2H3/t11-/m0/s1. The second-order valence-corrected chi connectivity index (χ2v) is 6.04. The van der Waals surface area contributed by atoms with Crippen molar-refractivity contribution in [1.29, 1.82) is 0 Å². The predicted molar refractivity (Wildman–Crippen MR) is 84.2 cm³/mol. The van der Waals surface area contributed by atoms with E-state index in [1.807, 2.05) is 24.3 Å². The summed E-state index contributed by atoms with van der Waals surface area (Å²) in [4.78, 5) is 13.9. The summed E-state index contributed by atoms with van der Waals surface area (Å²) in [5.41, 5.74) is 0.924. The summed E-state index contributed by atoms with van der Waals surface area (Å²) in [7, 11) is 3.36. The van der Waals surface area contributed by atoms with Crippen LogP contribution in [0.25, 0.3) is 10.6 Å². The van der Waals surface area contributed by atoms with Crippen LogP contribution in [0, 0.1) is 5.92 Å². The molecule has 1 amide bonds. The van der Waals surface area contributed by atoms with Crippen molar-refractivity contribution < 1.29 is 14.3 Å². The maximum absolute atomic E-state index is 12.4. The first kappa shape index (κ1) is 14.9. The third-order valence-corrected chi connectivity index (χ3v) is 4.68. The van der Waals surface area contributed by atoms with Crippen molar-refractivity contribution in [2.24, 2.45) is 5.92 Å². The Morgan fingerprint density at radius 2 is 2.32 bits per heavy atom. The quantitative estimate of drug-likeness (QED) is 0.864. The number of ether oxygens (including phenoxy) is 2. The van der Waals surface area contributed by atoms with E-state index in [0.29, 0.717) is 18.3 Å². The molecule has 0 unspecified atom stereocenters. The second-order valence-electron chi connectivity index (χ2n) is 5.08. The summed E-state index contributed by atoms with van der Waals surface area (Å²) in [5, 5.41) is 9.66. The molecule has 2 aromatic rings. The third-order valence-electron chi connectivity index (χ3n) is 3.63. The Labute approximate surface area is 132 Å². The molecule has 1 aliphatic rings. The SMILES string of the molecule is COc1cccc(-c2nnc(N(C)C(=O)[C@H]3CCOC3)s2)c1. The Bertz CT molecular complexity index is 668. The van der Waals surface area contributed by atoms with Crippen LogP contribution in [-0.2, 0) is 9.53 Å². The Hall–Kier alpha value is -1.99. The lowest BCUT2D eigenvalue weighted by Crippen LogP contribution is -2.33. The molecule has 1 atom stereocenters. The molecule has 1 aromatic carbocycles. The lowest BCUT2D eigenvalue weighted by atomic mass is 10.1. The number of amides is 1. The fraction of sp³-hybridized carbons (Fsp3) is 0.400. The minimum Gasteiger partial charge on any atom is -0.497 e. The van der Waals surface area contributed by atoms with E-state index in [1.165, 1.54) is 11.3 Å². The largest absolute Gasteiger partial charge is 0.497 e. The van der Waals surface area contributed by atoms with E-state index in [9.17, 15) is 4.79 Å². The first-order chi connectivity index (χ1) is 10.7. The third kappa shape index (κ3) is 2.95. The number of anilines is 1. The van der Waals surface area contributed by atoms with Gasteiger partial charge in [0.1, 0.15) is 10.8 Å². The van der Waals surface area contributed by atoms with Crippen molar-refractivity contribution in [3.63, 3.8) is 0 Å². The average molecular weight is 319 g/mol. The summed E-state index contributed by atoms with van der Waals surface area (Å²) in [5.74, 6) is 0.724. The van der Waals surface area contributed by atoms with Gasteiger partial charge in [-0.15, -0.1) is 10.2 Å². The Morgan fingerprint density at radius 1 is 1.45 bits per heavy atom. The molecular formula is C15H17N3O3S. The molecule has 0 saturated carbocycles. The van der Waals surface area contributed by atoms with Crippen LogP contribution in [0.2, 0.25) is 0 Å². The highest BCUT2D eigenvalue weighted by molar-refractivity contribution is 7.18. The number of hydrogen-bond donors (Lipinski definition) is 0. The van der Waals surface area contributed by atoms with Crippen LogP contribution in [0.3, 0.4) is 0 Å². The number of methoxy groups -OCH3 is 1. The number of nitrogens with zero attached hydrogens (tertiary/aromatic N) is 3. The van der Waals surface area contributed by atoms with Gasteiger partial charge in [0.15, 0.2) is 0 Å². The average Bonchev–Trinajstić information content (AvgIpc) is 3.25. The molecule has 7 heteroatoms. The van der Waals surface area contributed by atoms with Gasteiger partial charge >= 0.3 is 0 Å². The van der Waals surface area contributed by atoms with Crippen LogP contribution in [0.1, 0.15) is 6.42 Å². The van der Waals surface area contributed by atoms with Crippen LogP contribution in [0.15, 0.2) is 24.3 Å². The van der Waals surface area contributed by atoms with Crippen molar-refractivity contribution in [2.45, 2.75) is 6.42 Å². The zero-order valence-electron chi connectivity index (χ0n) is 12.5. The Balaban J connectivity index is 1.79. The molecule has 2 heterocycles. The monoisotopic (exact) mass is 319 g/mol. The molecule has 0 radical (unpaired) electrons. The van der Waals surface area contributed by atoms with Crippen LogP contribution >= 0.6 is 11.3 Å². The zero-order chi connectivity index (χ0) is 15.5. The molecule has 1 saturated heterocycles. The van der Waals surface area contributed by atoms with Gasteiger partial charge in [-0.1, -0.05) is 23.5 Å². The van der Waals surface area contributed by atoms with Crippen molar-refractivity contribution in [3.8, 4) is 16.3 Å². The fourth-order valence-electron chi connectivity index (χ4n) is 2.32. The molecule has 0 N–H and O–H groups in total. The van der Waals surface area contributed by atoms with Gasteiger partial charge in [-0.3, -0.25) is 9.69 Å². The Morgan fingerprint density at radius 3 is 3.05 bits per heavy atom. The Kier molecular flexibility index (Phi) is 4.35. The maximum atomic E-state index is 12.4. The van der Waals surface area contributed by atoms with Gasteiger partial charge in [-0.05, 0) is 18.6 Å². The molecule has 1 aromatic heterocycles. The van der Waals surface area contributed by atoms with E-state index >= 15 is 0 Å². The summed E-state index contributed by atoms with van der Waals surface area (Å²) in [6.07, 6.45) is 0.769. The minimum absolute atomic E-state index is 0.0332. The molecule has 0 spiro atoms. The van der Waals surface area contributed by atoms with Crippen molar-refractivity contribution in [2.75, 3.05) is 32.3 Å². The summed E-state index contributed by atoms with van der Waals surface area (Å²) >= 11 is 1.39. The molecule has 3 rings (SSSR count). The van der Waals surface area contributed by atoms with E-state index < -0.39 is 0 Å². The van der Waals surface area contributed by atoms with Crippen LogP contribution in [-0.4, -0.2) is 43.5 Å². The topological polar surface area (TPSA) is 64.6 Å². The molecule has 1 aliphatic heterocycles. The number of carbonyl (C=O) groups excluding carboxylic acids is 1. The number of aromatic nitrogens is 2. The van der Waals surface area contributed by atoms with Crippen LogP contribution in [0.4, 0.5) is 5.13 Å². The smallest absolute Gasteiger partial charge is 0.234 e. The summed E-state index contributed by atoms with van der Waals surface area (Å²) < 4.78 is 10.5. The highest BCUT2D eigenvalue weighted by atomic mass is 32.1. The summed E-state index contributed by atoms with van der Waals surface area (Å²) in [6.45, 7) is 1.14. The first-order valence-electron chi connectivity index (χ1n) is 7.02. The predicted octanol–water partition coefficient (Wildman–Crippen LogP) is 2.21. The second kappa shape index (κ2) is 6.41. The molecule has 0 aliphatic carbocycles. The highest BCUT2D eigenvalue weighted by Gasteiger charge is 2.28. The van der Waals surface area contributed by atoms with Gasteiger partial charge in [0.25, 0.3) is 0 Å². The van der Waals surface area contributed by atoms with E-state index in [1.54, 1.807) is 19.1 Å². The maximum Gasteiger partial charge on any atom is 0.234 e. The molecular weight excluding hydrogens is 302 g/mol. The number of hydrogen-bond acceptors (Lipinski definition) is 6. The fourth-order valence-corrected chi connectivity index (χ4v) is 3.13. The van der Waals surface area contributed by atoms with Crippen molar-refractivity contribution >= 4 is 22.4 Å². The van der Waals surface area contributed by atoms with Crippen molar-refractivity contribution in [3.05, 3.63) is 24.3 Å². The zero-order valence-corrected chi connectivity index (χ0v) is 13.3. The van der Waals surface area contributed by atoms with Crippen LogP contribution in [0.5, 0.6) is 5.75 Å². The van der Waals surface area contributed by atoms with E-state index in [0.717, 1.165) is 22.7 Å². The molecule has 0 bridgehead atoms. The minimum atomic E-state index is -0.0748.